The van der Waals surface area contributed by atoms with Crippen LogP contribution in [0.3, 0.4) is 0 Å². The van der Waals surface area contributed by atoms with Gasteiger partial charge in [0.1, 0.15) is 24.4 Å². The van der Waals surface area contributed by atoms with Gasteiger partial charge in [-0.25, -0.2) is 4.79 Å². The van der Waals surface area contributed by atoms with Crippen molar-refractivity contribution in [3.63, 3.8) is 0 Å². The van der Waals surface area contributed by atoms with Crippen molar-refractivity contribution >= 4 is 29.4 Å². The molecule has 0 aromatic heterocycles. The Balaban J connectivity index is 1.77. The van der Waals surface area contributed by atoms with E-state index >= 15 is 0 Å². The van der Waals surface area contributed by atoms with E-state index in [-0.39, 0.29) is 42.7 Å². The molecule has 0 saturated carbocycles. The SMILES string of the molecule is CC(C)C[C@H](NC(=O)[C@H](Cc1ccccc1)NC(=O)c1cc(Cl)ccc1OC[C@@H](N)Cc1ccccc1)C(=O)O. The van der Waals surface area contributed by atoms with E-state index in [2.05, 4.69) is 10.6 Å². The van der Waals surface area contributed by atoms with Crippen molar-refractivity contribution in [2.45, 2.75) is 51.2 Å². The quantitative estimate of drug-likeness (QED) is 0.231. The van der Waals surface area contributed by atoms with Gasteiger partial charge in [-0.15, -0.1) is 0 Å². The molecule has 0 spiro atoms. The van der Waals surface area contributed by atoms with Gasteiger partial charge in [0.05, 0.1) is 5.56 Å². The van der Waals surface area contributed by atoms with Crippen LogP contribution in [-0.2, 0) is 22.4 Å². The van der Waals surface area contributed by atoms with E-state index in [0.717, 1.165) is 11.1 Å². The van der Waals surface area contributed by atoms with Gasteiger partial charge in [0.2, 0.25) is 5.91 Å². The van der Waals surface area contributed by atoms with Crippen LogP contribution in [0.4, 0.5) is 0 Å². The predicted octanol–water partition coefficient (Wildman–Crippen LogP) is 4.25. The number of aliphatic carboxylic acids is 1. The fourth-order valence-electron chi connectivity index (χ4n) is 4.24. The van der Waals surface area contributed by atoms with Gasteiger partial charge >= 0.3 is 5.97 Å². The Hall–Kier alpha value is -3.88. The molecule has 0 bridgehead atoms. The molecule has 212 valence electrons. The number of rotatable bonds is 14. The van der Waals surface area contributed by atoms with Crippen LogP contribution < -0.4 is 21.1 Å². The highest BCUT2D eigenvalue weighted by atomic mass is 35.5. The second kappa shape index (κ2) is 15.1. The average Bonchev–Trinajstić information content (AvgIpc) is 2.92. The molecular weight excluding hydrogens is 530 g/mol. The smallest absolute Gasteiger partial charge is 0.326 e. The topological polar surface area (TPSA) is 131 Å². The fourth-order valence-corrected chi connectivity index (χ4v) is 4.41. The Kier molecular flexibility index (Phi) is 11.5. The van der Waals surface area contributed by atoms with Crippen molar-refractivity contribution in [2.24, 2.45) is 11.7 Å². The highest BCUT2D eigenvalue weighted by Crippen LogP contribution is 2.24. The maximum absolute atomic E-state index is 13.5. The lowest BCUT2D eigenvalue weighted by molar-refractivity contribution is -0.142. The summed E-state index contributed by atoms with van der Waals surface area (Å²) in [5.41, 5.74) is 8.28. The minimum atomic E-state index is -1.13. The minimum absolute atomic E-state index is 0.0444. The Bertz CT molecular complexity index is 1270. The lowest BCUT2D eigenvalue weighted by Crippen LogP contribution is -2.52. The van der Waals surface area contributed by atoms with E-state index < -0.39 is 29.9 Å². The van der Waals surface area contributed by atoms with Crippen LogP contribution in [-0.4, -0.2) is 47.6 Å². The number of carboxylic acids is 1. The molecule has 0 aliphatic rings. The molecule has 0 heterocycles. The molecule has 8 nitrogen and oxygen atoms in total. The highest BCUT2D eigenvalue weighted by molar-refractivity contribution is 6.31. The molecule has 0 aliphatic heterocycles. The van der Waals surface area contributed by atoms with Gasteiger partial charge in [-0.3, -0.25) is 9.59 Å². The van der Waals surface area contributed by atoms with Crippen molar-refractivity contribution in [1.82, 2.24) is 10.6 Å². The van der Waals surface area contributed by atoms with Gasteiger partial charge < -0.3 is 26.2 Å². The van der Waals surface area contributed by atoms with Crippen molar-refractivity contribution in [3.05, 3.63) is 101 Å². The van der Waals surface area contributed by atoms with E-state index in [0.29, 0.717) is 11.4 Å². The summed E-state index contributed by atoms with van der Waals surface area (Å²) in [6.45, 7) is 3.90. The average molecular weight is 566 g/mol. The number of amides is 2. The number of benzene rings is 3. The maximum atomic E-state index is 13.5. The summed E-state index contributed by atoms with van der Waals surface area (Å²) in [6.07, 6.45) is 1.00. The number of hydrogen-bond acceptors (Lipinski definition) is 5. The van der Waals surface area contributed by atoms with Crippen LogP contribution in [0.15, 0.2) is 78.9 Å². The Morgan fingerprint density at radius 1 is 0.875 bits per heavy atom. The summed E-state index contributed by atoms with van der Waals surface area (Å²) in [5.74, 6) is -2.00. The highest BCUT2D eigenvalue weighted by Gasteiger charge is 2.28. The zero-order valence-corrected chi connectivity index (χ0v) is 23.4. The number of carboxylic acid groups (broad SMARTS) is 1. The summed E-state index contributed by atoms with van der Waals surface area (Å²) >= 11 is 6.21. The number of carbonyl (C=O) groups excluding carboxylic acids is 2. The van der Waals surface area contributed by atoms with Gasteiger partial charge in [0.25, 0.3) is 5.91 Å². The zero-order valence-electron chi connectivity index (χ0n) is 22.7. The largest absolute Gasteiger partial charge is 0.491 e. The van der Waals surface area contributed by atoms with Crippen LogP contribution in [0.5, 0.6) is 5.75 Å². The van der Waals surface area contributed by atoms with Gasteiger partial charge in [-0.05, 0) is 48.1 Å². The molecule has 3 rings (SSSR count). The number of halogens is 1. The summed E-state index contributed by atoms with van der Waals surface area (Å²) in [7, 11) is 0. The van der Waals surface area contributed by atoms with Gasteiger partial charge in [-0.2, -0.15) is 0 Å². The first-order chi connectivity index (χ1) is 19.1. The molecule has 3 aromatic rings. The molecule has 2 amide bonds. The molecule has 0 radical (unpaired) electrons. The van der Waals surface area contributed by atoms with Crippen molar-refractivity contribution in [3.8, 4) is 5.75 Å². The summed E-state index contributed by atoms with van der Waals surface area (Å²) in [4.78, 5) is 38.5. The molecule has 5 N–H and O–H groups in total. The molecule has 40 heavy (non-hydrogen) atoms. The zero-order chi connectivity index (χ0) is 29.1. The predicted molar refractivity (Wildman–Crippen MR) is 155 cm³/mol. The normalized spacial score (nSPS) is 13.2. The van der Waals surface area contributed by atoms with Gasteiger partial charge in [-0.1, -0.05) is 86.1 Å². The molecule has 3 atom stereocenters. The molecule has 0 aliphatic carbocycles. The van der Waals surface area contributed by atoms with E-state index in [4.69, 9.17) is 22.1 Å². The standard InChI is InChI=1S/C31H36ClN3O5/c1-20(2)15-27(31(38)39)35-30(37)26(17-22-11-7-4-8-12-22)34-29(36)25-18-23(32)13-14-28(25)40-19-24(33)16-21-9-5-3-6-10-21/h3-14,18,20,24,26-27H,15-17,19,33H2,1-2H3,(H,34,36)(H,35,37)(H,38,39)/t24-,26-,27-/m0/s1. The van der Waals surface area contributed by atoms with E-state index in [1.807, 2.05) is 74.5 Å². The number of hydrogen-bond donors (Lipinski definition) is 4. The summed E-state index contributed by atoms with van der Waals surface area (Å²) in [6, 6.07) is 21.1. The van der Waals surface area contributed by atoms with Crippen LogP contribution in [0.2, 0.25) is 5.02 Å². The number of ether oxygens (including phenoxy) is 1. The van der Waals surface area contributed by atoms with Crippen LogP contribution in [0, 0.1) is 5.92 Å². The van der Waals surface area contributed by atoms with E-state index in [9.17, 15) is 19.5 Å². The second-order valence-electron chi connectivity index (χ2n) is 10.1. The number of carbonyl (C=O) groups is 3. The van der Waals surface area contributed by atoms with Crippen LogP contribution >= 0.6 is 11.6 Å². The van der Waals surface area contributed by atoms with E-state index in [1.165, 1.54) is 6.07 Å². The molecule has 3 aromatic carbocycles. The fraction of sp³-hybridized carbons (Fsp3) is 0.323. The molecule has 9 heteroatoms. The summed E-state index contributed by atoms with van der Waals surface area (Å²) < 4.78 is 5.92. The Labute approximate surface area is 239 Å². The van der Waals surface area contributed by atoms with Crippen molar-refractivity contribution < 1.29 is 24.2 Å². The van der Waals surface area contributed by atoms with Crippen LogP contribution in [0.1, 0.15) is 41.8 Å². The van der Waals surface area contributed by atoms with Crippen molar-refractivity contribution in [2.75, 3.05) is 6.61 Å². The molecule has 0 fully saturated rings. The summed E-state index contributed by atoms with van der Waals surface area (Å²) in [5, 5.41) is 15.3. The molecular formula is C31H36ClN3O5. The van der Waals surface area contributed by atoms with Crippen LogP contribution in [0.25, 0.3) is 0 Å². The Morgan fingerprint density at radius 3 is 2.05 bits per heavy atom. The third-order valence-electron chi connectivity index (χ3n) is 6.21. The number of nitrogens with two attached hydrogens (primary N) is 1. The third kappa shape index (κ3) is 9.70. The second-order valence-corrected chi connectivity index (χ2v) is 10.6. The monoisotopic (exact) mass is 565 g/mol. The van der Waals surface area contributed by atoms with Gasteiger partial charge in [0.15, 0.2) is 0 Å². The minimum Gasteiger partial charge on any atom is -0.491 e. The van der Waals surface area contributed by atoms with Gasteiger partial charge in [0, 0.05) is 17.5 Å². The van der Waals surface area contributed by atoms with Crippen molar-refractivity contribution in [1.29, 1.82) is 0 Å². The first-order valence-corrected chi connectivity index (χ1v) is 13.6. The first kappa shape index (κ1) is 30.7. The van der Waals surface area contributed by atoms with E-state index in [1.54, 1.807) is 12.1 Å². The first-order valence-electron chi connectivity index (χ1n) is 13.2. The maximum Gasteiger partial charge on any atom is 0.326 e. The molecule has 0 saturated heterocycles. The Morgan fingerprint density at radius 2 is 1.48 bits per heavy atom. The lowest BCUT2D eigenvalue weighted by Gasteiger charge is -2.23. The number of nitrogens with one attached hydrogen (secondary N) is 2. The molecule has 0 unspecified atom stereocenters. The lowest BCUT2D eigenvalue weighted by atomic mass is 10.0. The third-order valence-corrected chi connectivity index (χ3v) is 6.44.